The quantitative estimate of drug-likeness (QED) is 0.0467. The lowest BCUT2D eigenvalue weighted by Gasteiger charge is -2.12. The van der Waals surface area contributed by atoms with E-state index in [9.17, 15) is 0 Å². The van der Waals surface area contributed by atoms with Gasteiger partial charge < -0.3 is 0 Å². The molecule has 0 fully saturated rings. The molecule has 65 heavy (non-hydrogen) atoms. The van der Waals surface area contributed by atoms with Crippen LogP contribution >= 0.6 is 0 Å². The maximum atomic E-state index is 5.40. The molecule has 0 aromatic heterocycles. The van der Waals surface area contributed by atoms with Gasteiger partial charge in [-0.2, -0.15) is 0 Å². The van der Waals surface area contributed by atoms with E-state index < -0.39 is 0 Å². The Hall–Kier alpha value is -2.22. The van der Waals surface area contributed by atoms with Crippen LogP contribution in [0.5, 0.6) is 0 Å². The third-order valence-corrected chi connectivity index (χ3v) is 14.2. The summed E-state index contributed by atoms with van der Waals surface area (Å²) in [6.45, 7) is 9.23. The van der Waals surface area contributed by atoms with Crippen LogP contribution in [-0.4, -0.2) is 11.4 Å². The van der Waals surface area contributed by atoms with E-state index >= 15 is 0 Å². The minimum Gasteiger partial charge on any atom is -0.252 e. The third-order valence-electron chi connectivity index (χ3n) is 14.2. The molecule has 0 saturated heterocycles. The first-order valence-corrected chi connectivity index (χ1v) is 29.5. The Kier molecular flexibility index (Phi) is 41.3. The van der Waals surface area contributed by atoms with Crippen LogP contribution in [0.2, 0.25) is 0 Å². The fourth-order valence-electron chi connectivity index (χ4n) is 9.69. The van der Waals surface area contributed by atoms with Gasteiger partial charge in [0.05, 0.1) is 22.8 Å². The minimum absolute atomic E-state index is 1.01. The van der Waals surface area contributed by atoms with Crippen LogP contribution in [0.25, 0.3) is 0 Å². The molecular weight excluding hydrogens is 785 g/mol. The summed E-state index contributed by atoms with van der Waals surface area (Å²) < 4.78 is 0. The van der Waals surface area contributed by atoms with E-state index in [1.807, 2.05) is 0 Å². The highest BCUT2D eigenvalue weighted by Gasteiger charge is 2.12. The number of unbranched alkanes of at least 4 members (excludes halogenated alkanes) is 37. The number of aliphatic imine (C=N–C) groups is 2. The zero-order valence-electron chi connectivity index (χ0n) is 44.3. The van der Waals surface area contributed by atoms with Gasteiger partial charge in [-0.15, -0.1) is 0 Å². The first-order valence-electron chi connectivity index (χ1n) is 29.5. The molecule has 0 N–H and O–H groups in total. The Balaban J connectivity index is 1.81. The van der Waals surface area contributed by atoms with Gasteiger partial charge in [-0.1, -0.05) is 290 Å². The molecule has 2 nitrogen and oxygen atoms in total. The first-order chi connectivity index (χ1) is 32.2. The Morgan fingerprint density at radius 1 is 0.246 bits per heavy atom. The lowest BCUT2D eigenvalue weighted by molar-refractivity contribution is 0.529. The second-order valence-electron chi connectivity index (χ2n) is 20.5. The molecule has 0 spiro atoms. The van der Waals surface area contributed by atoms with E-state index in [2.05, 4.69) is 76.2 Å². The summed E-state index contributed by atoms with van der Waals surface area (Å²) in [5, 5.41) is 0. The number of hydrogen-bond acceptors (Lipinski definition) is 2. The van der Waals surface area contributed by atoms with Crippen LogP contribution in [0.3, 0.4) is 0 Å². The Labute approximate surface area is 407 Å². The average molecular weight is 896 g/mol. The highest BCUT2D eigenvalue weighted by Crippen LogP contribution is 2.23. The van der Waals surface area contributed by atoms with E-state index in [1.54, 1.807) is 0 Å². The number of nitrogens with zero attached hydrogens (tertiary/aromatic N) is 2. The normalized spacial score (nSPS) is 12.2. The van der Waals surface area contributed by atoms with Crippen molar-refractivity contribution in [1.82, 2.24) is 0 Å². The highest BCUT2D eigenvalue weighted by atomic mass is 14.8. The van der Waals surface area contributed by atoms with Crippen molar-refractivity contribution in [3.63, 3.8) is 0 Å². The molecule has 0 radical (unpaired) electrons. The first kappa shape index (κ1) is 58.9. The van der Waals surface area contributed by atoms with Gasteiger partial charge in [0.15, 0.2) is 0 Å². The van der Waals surface area contributed by atoms with Gasteiger partial charge in [-0.25, -0.2) is 0 Å². The lowest BCUT2D eigenvalue weighted by atomic mass is 10.0. The zero-order valence-corrected chi connectivity index (χ0v) is 44.3. The van der Waals surface area contributed by atoms with E-state index in [0.29, 0.717) is 0 Å². The summed E-state index contributed by atoms with van der Waals surface area (Å²) in [6, 6.07) is 18.5. The van der Waals surface area contributed by atoms with Gasteiger partial charge >= 0.3 is 0 Å². The molecular formula is C63H110N2. The molecule has 0 bridgehead atoms. The molecule has 0 saturated carbocycles. The molecule has 0 atom stereocenters. The average Bonchev–Trinajstić information content (AvgIpc) is 3.32. The number of hydrogen-bond donors (Lipinski definition) is 0. The molecule has 2 aromatic carbocycles. The van der Waals surface area contributed by atoms with Gasteiger partial charge in [0.1, 0.15) is 0 Å². The number of benzene rings is 2. The van der Waals surface area contributed by atoms with Crippen molar-refractivity contribution in [2.45, 2.75) is 317 Å². The van der Waals surface area contributed by atoms with E-state index in [0.717, 1.165) is 24.2 Å². The summed E-state index contributed by atoms with van der Waals surface area (Å²) >= 11 is 0. The lowest BCUT2D eigenvalue weighted by Crippen LogP contribution is -2.14. The highest BCUT2D eigenvalue weighted by molar-refractivity contribution is 6.43. The Morgan fingerprint density at radius 2 is 0.446 bits per heavy atom. The zero-order chi connectivity index (χ0) is 46.4. The Morgan fingerprint density at radius 3 is 0.708 bits per heavy atom. The Bertz CT molecular complexity index is 1340. The summed E-state index contributed by atoms with van der Waals surface area (Å²) in [4.78, 5) is 10.8. The van der Waals surface area contributed by atoms with Gasteiger partial charge in [-0.3, -0.25) is 9.98 Å². The van der Waals surface area contributed by atoms with Crippen molar-refractivity contribution in [2.24, 2.45) is 9.98 Å². The van der Waals surface area contributed by atoms with Crippen molar-refractivity contribution in [1.29, 1.82) is 0 Å². The summed E-state index contributed by atoms with van der Waals surface area (Å²) in [5.74, 6) is 0. The molecule has 0 aliphatic heterocycles. The molecule has 0 aliphatic carbocycles. The van der Waals surface area contributed by atoms with E-state index in [1.165, 1.54) is 299 Å². The topological polar surface area (TPSA) is 24.7 Å². The largest absolute Gasteiger partial charge is 0.252 e. The SMILES string of the molecule is CCCCCCCCCCCCCCCCCCc1ccc(N=C(CCCCC)C(CCCCCCCC)=Nc2ccc(CCCCCCCCCCCCCCCCCC)cc2)cc1. The van der Waals surface area contributed by atoms with E-state index in [-0.39, 0.29) is 0 Å². The minimum atomic E-state index is 1.01. The standard InChI is InChI=1S/C63H110N2/c1-5-9-13-16-19-21-23-25-27-29-31-33-35-37-39-43-46-58-50-54-60(55-51-58)64-62(48-42-12-8-4)63(49-45-41-18-15-11-7-3)65-61-56-52-59(53-57-61)47-44-40-38-36-34-32-30-28-26-24-22-20-17-14-10-6-2/h50-57H,5-49H2,1-4H3. The third kappa shape index (κ3) is 35.6. The molecule has 0 heterocycles. The molecule has 2 rings (SSSR count). The molecule has 0 aliphatic rings. The van der Waals surface area contributed by atoms with Crippen LogP contribution in [0.1, 0.15) is 315 Å². The summed E-state index contributed by atoms with van der Waals surface area (Å²) in [6.07, 6.45) is 61.4. The van der Waals surface area contributed by atoms with Crippen molar-refractivity contribution in [2.75, 3.05) is 0 Å². The van der Waals surface area contributed by atoms with Crippen LogP contribution < -0.4 is 0 Å². The maximum absolute atomic E-state index is 5.40. The second-order valence-corrected chi connectivity index (χ2v) is 20.5. The van der Waals surface area contributed by atoms with Gasteiger partial charge in [0.25, 0.3) is 0 Å². The van der Waals surface area contributed by atoms with Crippen molar-refractivity contribution in [3.05, 3.63) is 59.7 Å². The van der Waals surface area contributed by atoms with E-state index in [4.69, 9.17) is 9.98 Å². The fraction of sp³-hybridized carbons (Fsp3) is 0.778. The molecule has 2 aromatic rings. The molecule has 0 amide bonds. The van der Waals surface area contributed by atoms with Crippen LogP contribution in [0.15, 0.2) is 58.5 Å². The van der Waals surface area contributed by atoms with Crippen LogP contribution in [-0.2, 0) is 12.8 Å². The predicted octanol–water partition coefficient (Wildman–Crippen LogP) is 22.5. The van der Waals surface area contributed by atoms with Crippen LogP contribution in [0.4, 0.5) is 11.4 Å². The smallest absolute Gasteiger partial charge is 0.0633 e. The monoisotopic (exact) mass is 895 g/mol. The molecule has 0 unspecified atom stereocenters. The van der Waals surface area contributed by atoms with Gasteiger partial charge in [-0.05, 0) is 86.8 Å². The molecule has 372 valence electrons. The molecule has 2 heteroatoms. The summed E-state index contributed by atoms with van der Waals surface area (Å²) in [7, 11) is 0. The van der Waals surface area contributed by atoms with Gasteiger partial charge in [0.2, 0.25) is 0 Å². The number of aryl methyl sites for hydroxylation is 2. The predicted molar refractivity (Wildman–Crippen MR) is 296 cm³/mol. The van der Waals surface area contributed by atoms with Crippen molar-refractivity contribution >= 4 is 22.8 Å². The fourth-order valence-corrected chi connectivity index (χ4v) is 9.69. The summed E-state index contributed by atoms with van der Waals surface area (Å²) in [5.41, 5.74) is 7.55. The van der Waals surface area contributed by atoms with Crippen molar-refractivity contribution < 1.29 is 0 Å². The number of rotatable bonds is 48. The van der Waals surface area contributed by atoms with Gasteiger partial charge in [0, 0.05) is 0 Å². The maximum Gasteiger partial charge on any atom is 0.0633 e. The van der Waals surface area contributed by atoms with Crippen molar-refractivity contribution in [3.8, 4) is 0 Å². The van der Waals surface area contributed by atoms with Crippen LogP contribution in [0, 0.1) is 0 Å². The second kappa shape index (κ2) is 45.6.